The van der Waals surface area contributed by atoms with E-state index in [9.17, 15) is 9.90 Å². The Morgan fingerprint density at radius 1 is 1.00 bits per heavy atom. The summed E-state index contributed by atoms with van der Waals surface area (Å²) >= 11 is 0. The minimum Gasteiger partial charge on any atom is -0.478 e. The van der Waals surface area contributed by atoms with Gasteiger partial charge in [0.1, 0.15) is 0 Å². The Balaban J connectivity index is 1.58. The van der Waals surface area contributed by atoms with Crippen molar-refractivity contribution in [1.29, 1.82) is 0 Å². The van der Waals surface area contributed by atoms with E-state index < -0.39 is 5.97 Å². The van der Waals surface area contributed by atoms with Crippen LogP contribution in [0, 0.1) is 0 Å². The topological polar surface area (TPSA) is 37.3 Å². The molecule has 0 aliphatic carbocycles. The van der Waals surface area contributed by atoms with Crippen LogP contribution in [0.4, 0.5) is 0 Å². The quantitative estimate of drug-likeness (QED) is 0.262. The fraction of sp³-hybridized carbons (Fsp3) is 0.824. The number of unbranched alkanes of at least 4 members (excludes halogenated alkanes) is 2. The van der Waals surface area contributed by atoms with E-state index in [2.05, 4.69) is 0 Å². The second-order valence-corrected chi connectivity index (χ2v) is 11.8. The molecule has 0 aromatic carbocycles. The van der Waals surface area contributed by atoms with Crippen LogP contribution in [0.15, 0.2) is 11.6 Å². The van der Waals surface area contributed by atoms with Crippen LogP contribution >= 0.6 is 43.2 Å². The molecule has 2 nitrogen and oxygen atoms in total. The van der Waals surface area contributed by atoms with Crippen LogP contribution in [-0.4, -0.2) is 33.1 Å². The van der Waals surface area contributed by atoms with Crippen molar-refractivity contribution in [2.75, 3.05) is 11.5 Å². The lowest BCUT2D eigenvalue weighted by atomic mass is 10.0. The lowest BCUT2D eigenvalue weighted by Gasteiger charge is -2.20. The van der Waals surface area contributed by atoms with E-state index in [4.69, 9.17) is 0 Å². The molecule has 2 rings (SSSR count). The molecule has 0 spiro atoms. The summed E-state index contributed by atoms with van der Waals surface area (Å²) in [4.78, 5) is 11.4. The first-order valence-electron chi connectivity index (χ1n) is 8.74. The first kappa shape index (κ1) is 19.9. The van der Waals surface area contributed by atoms with Gasteiger partial charge < -0.3 is 5.11 Å². The molecule has 1 N–H and O–H groups in total. The molecule has 0 aromatic rings. The van der Waals surface area contributed by atoms with Crippen LogP contribution in [-0.2, 0) is 4.79 Å². The van der Waals surface area contributed by atoms with Gasteiger partial charge in [-0.15, -0.1) is 0 Å². The van der Waals surface area contributed by atoms with Crippen molar-refractivity contribution in [3.05, 3.63) is 11.6 Å². The highest BCUT2D eigenvalue weighted by Crippen LogP contribution is 2.40. The van der Waals surface area contributed by atoms with Crippen LogP contribution in [0.3, 0.4) is 0 Å². The molecule has 2 atom stereocenters. The molecule has 2 aliphatic heterocycles. The van der Waals surface area contributed by atoms with Crippen LogP contribution in [0.25, 0.3) is 0 Å². The van der Waals surface area contributed by atoms with E-state index in [-0.39, 0.29) is 0 Å². The lowest BCUT2D eigenvalue weighted by Crippen LogP contribution is -2.07. The maximum atomic E-state index is 11.4. The summed E-state index contributed by atoms with van der Waals surface area (Å²) in [6, 6.07) is 0. The third kappa shape index (κ3) is 8.50. The predicted octanol–water partition coefficient (Wildman–Crippen LogP) is 6.43. The SMILES string of the molecule is O=C(O)/C(=C\CCCCC1CCSS1)CCCC1CCCSS1. The summed E-state index contributed by atoms with van der Waals surface area (Å²) in [7, 11) is 8.03. The van der Waals surface area contributed by atoms with Crippen molar-refractivity contribution in [2.24, 2.45) is 0 Å². The monoisotopic (exact) mass is 392 g/mol. The first-order chi connectivity index (χ1) is 11.3. The van der Waals surface area contributed by atoms with Gasteiger partial charge in [0.15, 0.2) is 0 Å². The zero-order valence-electron chi connectivity index (χ0n) is 13.7. The molecule has 23 heavy (non-hydrogen) atoms. The first-order valence-corrected chi connectivity index (χ1v) is 13.5. The Bertz CT molecular complexity index is 375. The Kier molecular flexibility index (Phi) is 10.4. The highest BCUT2D eigenvalue weighted by molar-refractivity contribution is 8.77. The summed E-state index contributed by atoms with van der Waals surface area (Å²) in [5, 5.41) is 10.9. The smallest absolute Gasteiger partial charge is 0.331 e. The molecule has 2 unspecified atom stereocenters. The highest BCUT2D eigenvalue weighted by atomic mass is 33.1. The standard InChI is InChI=1S/C17H28O2S4/c18-17(19)14(7-4-9-15-10-5-12-20-22-15)6-2-1-3-8-16-11-13-21-23-16/h6,15-16H,1-5,7-13H2,(H,18,19)/b14-6-. The molecule has 0 saturated carbocycles. The van der Waals surface area contributed by atoms with E-state index in [1.54, 1.807) is 0 Å². The second kappa shape index (κ2) is 12.0. The predicted molar refractivity (Wildman–Crippen MR) is 110 cm³/mol. The van der Waals surface area contributed by atoms with Crippen molar-refractivity contribution in [3.63, 3.8) is 0 Å². The van der Waals surface area contributed by atoms with Gasteiger partial charge in [0.25, 0.3) is 0 Å². The average Bonchev–Trinajstić information content (AvgIpc) is 3.07. The number of carbonyl (C=O) groups is 1. The van der Waals surface area contributed by atoms with Gasteiger partial charge in [-0.2, -0.15) is 0 Å². The third-order valence-electron chi connectivity index (χ3n) is 4.30. The number of carboxylic acids is 1. The maximum absolute atomic E-state index is 11.4. The number of hydrogen-bond donors (Lipinski definition) is 1. The van der Waals surface area contributed by atoms with Crippen LogP contribution in [0.1, 0.15) is 64.2 Å². The molecule has 2 saturated heterocycles. The molecular formula is C17H28O2S4. The number of carboxylic acid groups (broad SMARTS) is 1. The van der Waals surface area contributed by atoms with E-state index in [1.807, 2.05) is 49.3 Å². The normalized spacial score (nSPS) is 25.7. The fourth-order valence-corrected chi connectivity index (χ4v) is 8.85. The van der Waals surface area contributed by atoms with Crippen LogP contribution < -0.4 is 0 Å². The van der Waals surface area contributed by atoms with Crippen molar-refractivity contribution < 1.29 is 9.90 Å². The summed E-state index contributed by atoms with van der Waals surface area (Å²) in [6.45, 7) is 0. The number of aliphatic carboxylic acids is 1. The number of allylic oxidation sites excluding steroid dienone is 1. The summed E-state index contributed by atoms with van der Waals surface area (Å²) < 4.78 is 0. The molecule has 0 bridgehead atoms. The average molecular weight is 393 g/mol. The van der Waals surface area contributed by atoms with Gasteiger partial charge in [-0.25, -0.2) is 4.79 Å². The van der Waals surface area contributed by atoms with Crippen LogP contribution in [0.2, 0.25) is 0 Å². The van der Waals surface area contributed by atoms with Crippen molar-refractivity contribution in [1.82, 2.24) is 0 Å². The second-order valence-electron chi connectivity index (χ2n) is 6.22. The fourth-order valence-electron chi connectivity index (χ4n) is 2.93. The summed E-state index contributed by atoms with van der Waals surface area (Å²) in [5.74, 6) is 1.87. The highest BCUT2D eigenvalue weighted by Gasteiger charge is 2.16. The zero-order chi connectivity index (χ0) is 16.3. The van der Waals surface area contributed by atoms with Gasteiger partial charge in [0.2, 0.25) is 0 Å². The van der Waals surface area contributed by atoms with E-state index in [0.29, 0.717) is 5.57 Å². The zero-order valence-corrected chi connectivity index (χ0v) is 17.0. The molecular weight excluding hydrogens is 364 g/mol. The van der Waals surface area contributed by atoms with Crippen LogP contribution in [0.5, 0.6) is 0 Å². The lowest BCUT2D eigenvalue weighted by molar-refractivity contribution is -0.132. The minimum atomic E-state index is -0.710. The Morgan fingerprint density at radius 3 is 2.43 bits per heavy atom. The van der Waals surface area contributed by atoms with Gasteiger partial charge in [-0.3, -0.25) is 0 Å². The van der Waals surface area contributed by atoms with Gasteiger partial charge in [-0.05, 0) is 57.8 Å². The molecule has 0 amide bonds. The summed E-state index contributed by atoms with van der Waals surface area (Å²) in [6.07, 6.45) is 13.5. The third-order valence-corrected chi connectivity index (χ3v) is 10.4. The van der Waals surface area contributed by atoms with Gasteiger partial charge in [-0.1, -0.05) is 55.7 Å². The van der Waals surface area contributed by atoms with Gasteiger partial charge in [0, 0.05) is 27.6 Å². The van der Waals surface area contributed by atoms with E-state index in [1.165, 1.54) is 50.0 Å². The molecule has 2 heterocycles. The molecule has 6 heteroatoms. The molecule has 2 fully saturated rings. The van der Waals surface area contributed by atoms with Crippen molar-refractivity contribution >= 4 is 49.1 Å². The molecule has 2 aliphatic rings. The maximum Gasteiger partial charge on any atom is 0.331 e. The molecule has 0 aromatic heterocycles. The van der Waals surface area contributed by atoms with E-state index >= 15 is 0 Å². The minimum absolute atomic E-state index is 0.643. The summed E-state index contributed by atoms with van der Waals surface area (Å²) in [5.41, 5.74) is 0.643. The molecule has 0 radical (unpaired) electrons. The Labute approximate surface area is 156 Å². The van der Waals surface area contributed by atoms with E-state index in [0.717, 1.165) is 36.2 Å². The van der Waals surface area contributed by atoms with Crippen molar-refractivity contribution in [2.45, 2.75) is 74.7 Å². The van der Waals surface area contributed by atoms with Gasteiger partial charge >= 0.3 is 5.97 Å². The largest absolute Gasteiger partial charge is 0.478 e. The van der Waals surface area contributed by atoms with Crippen molar-refractivity contribution in [3.8, 4) is 0 Å². The Hall–Kier alpha value is 0.610. The van der Waals surface area contributed by atoms with Gasteiger partial charge in [0.05, 0.1) is 0 Å². The number of rotatable bonds is 10. The Morgan fingerprint density at radius 2 is 1.74 bits per heavy atom. The molecule has 132 valence electrons. The number of hydrogen-bond acceptors (Lipinski definition) is 5.